The molecule has 2 N–H and O–H groups in total. The van der Waals surface area contributed by atoms with Gasteiger partial charge in [0.15, 0.2) is 0 Å². The number of carbonyl (C=O) groups is 1. The second kappa shape index (κ2) is 4.98. The van der Waals surface area contributed by atoms with E-state index in [-0.39, 0.29) is 11.8 Å². The molecule has 1 atom stereocenters. The fourth-order valence-corrected chi connectivity index (χ4v) is 3.30. The molecule has 0 radical (unpaired) electrons. The summed E-state index contributed by atoms with van der Waals surface area (Å²) >= 11 is 0. The van der Waals surface area contributed by atoms with Crippen LogP contribution in [-0.4, -0.2) is 11.6 Å². The first-order valence-corrected chi connectivity index (χ1v) is 7.57. The molecule has 0 aromatic heterocycles. The second-order valence-electron chi connectivity index (χ2n) is 5.88. The van der Waals surface area contributed by atoms with Gasteiger partial charge in [-0.3, -0.25) is 4.79 Å². The van der Waals surface area contributed by atoms with Crippen molar-refractivity contribution >= 4 is 23.0 Å². The first-order valence-electron chi connectivity index (χ1n) is 7.57. The lowest BCUT2D eigenvalue weighted by Gasteiger charge is -2.33. The monoisotopic (exact) mass is 291 g/mol. The Morgan fingerprint density at radius 1 is 1.14 bits per heavy atom. The molecule has 1 aliphatic carbocycles. The Morgan fingerprint density at radius 3 is 2.77 bits per heavy atom. The maximum atomic E-state index is 12.4. The molecular weight excluding hydrogens is 274 g/mol. The molecule has 4 rings (SSSR count). The summed E-state index contributed by atoms with van der Waals surface area (Å²) in [5.41, 5.74) is 10.9. The number of amides is 1. The summed E-state index contributed by atoms with van der Waals surface area (Å²) in [7, 11) is 0. The highest BCUT2D eigenvalue weighted by molar-refractivity contribution is 6.11. The van der Waals surface area contributed by atoms with Gasteiger partial charge < -0.3 is 5.73 Å². The lowest BCUT2D eigenvalue weighted by Crippen LogP contribution is -2.39. The van der Waals surface area contributed by atoms with Crippen LogP contribution < -0.4 is 10.7 Å². The fourth-order valence-electron chi connectivity index (χ4n) is 3.30. The molecule has 4 heteroatoms. The molecule has 2 aromatic rings. The van der Waals surface area contributed by atoms with Crippen LogP contribution in [0.25, 0.3) is 0 Å². The highest BCUT2D eigenvalue weighted by Gasteiger charge is 2.34. The van der Waals surface area contributed by atoms with Crippen molar-refractivity contribution < 1.29 is 4.79 Å². The summed E-state index contributed by atoms with van der Waals surface area (Å²) in [6.45, 7) is 0. The summed E-state index contributed by atoms with van der Waals surface area (Å²) < 4.78 is 0. The van der Waals surface area contributed by atoms with Crippen molar-refractivity contribution in [3.05, 3.63) is 59.7 Å². The summed E-state index contributed by atoms with van der Waals surface area (Å²) in [5.74, 6) is 0.272. The fraction of sp³-hybridized carbons (Fsp3) is 0.222. The molecule has 2 aliphatic rings. The minimum Gasteiger partial charge on any atom is -0.399 e. The van der Waals surface area contributed by atoms with Gasteiger partial charge in [0.05, 0.1) is 11.4 Å². The lowest BCUT2D eigenvalue weighted by atomic mass is 9.79. The van der Waals surface area contributed by atoms with Crippen LogP contribution in [0.1, 0.15) is 24.0 Å². The number of fused-ring (bicyclic) bond motifs is 3. The Balaban J connectivity index is 1.83. The highest BCUT2D eigenvalue weighted by atomic mass is 16.2. The number of hydrogen-bond acceptors (Lipinski definition) is 3. The van der Waals surface area contributed by atoms with Gasteiger partial charge in [0.2, 0.25) is 5.91 Å². The summed E-state index contributed by atoms with van der Waals surface area (Å²) in [5, 5.41) is 6.21. The van der Waals surface area contributed by atoms with Crippen molar-refractivity contribution in [1.82, 2.24) is 0 Å². The van der Waals surface area contributed by atoms with Gasteiger partial charge in [-0.25, -0.2) is 5.01 Å². The molecule has 4 nitrogen and oxygen atoms in total. The summed E-state index contributed by atoms with van der Waals surface area (Å²) in [6, 6.07) is 15.6. The zero-order valence-corrected chi connectivity index (χ0v) is 12.2. The number of anilines is 2. The van der Waals surface area contributed by atoms with Gasteiger partial charge in [0.25, 0.3) is 0 Å². The molecule has 0 bridgehead atoms. The van der Waals surface area contributed by atoms with E-state index in [0.29, 0.717) is 6.42 Å². The largest absolute Gasteiger partial charge is 0.399 e. The minimum atomic E-state index is 0.0623. The van der Waals surface area contributed by atoms with E-state index in [4.69, 9.17) is 5.73 Å². The van der Waals surface area contributed by atoms with Crippen molar-refractivity contribution in [3.63, 3.8) is 0 Å². The highest BCUT2D eigenvalue weighted by Crippen LogP contribution is 2.34. The van der Waals surface area contributed by atoms with E-state index >= 15 is 0 Å². The summed E-state index contributed by atoms with van der Waals surface area (Å²) in [6.07, 6.45) is 2.48. The van der Waals surface area contributed by atoms with Crippen LogP contribution in [0.2, 0.25) is 0 Å². The third-order valence-corrected chi connectivity index (χ3v) is 4.42. The first kappa shape index (κ1) is 13.1. The number of nitrogen functional groups attached to an aromatic ring is 1. The van der Waals surface area contributed by atoms with E-state index in [1.54, 1.807) is 0 Å². The third kappa shape index (κ3) is 2.08. The Labute approximate surface area is 129 Å². The van der Waals surface area contributed by atoms with Gasteiger partial charge in [-0.2, -0.15) is 5.10 Å². The van der Waals surface area contributed by atoms with Crippen molar-refractivity contribution in [3.8, 4) is 0 Å². The topological polar surface area (TPSA) is 58.7 Å². The molecule has 0 fully saturated rings. The molecule has 0 saturated heterocycles. The number of nitrogens with zero attached hydrogens (tertiary/aromatic N) is 2. The maximum absolute atomic E-state index is 12.4. The summed E-state index contributed by atoms with van der Waals surface area (Å²) in [4.78, 5) is 12.4. The van der Waals surface area contributed by atoms with Crippen LogP contribution >= 0.6 is 0 Å². The molecule has 1 amide bonds. The quantitative estimate of drug-likeness (QED) is 0.821. The normalized spacial score (nSPS) is 20.2. The van der Waals surface area contributed by atoms with E-state index in [9.17, 15) is 4.79 Å². The van der Waals surface area contributed by atoms with Crippen LogP contribution in [0.5, 0.6) is 0 Å². The molecule has 110 valence electrons. The number of aryl methyl sites for hydroxylation is 1. The number of para-hydroxylation sites is 1. The van der Waals surface area contributed by atoms with E-state index in [1.807, 2.05) is 42.5 Å². The Kier molecular flexibility index (Phi) is 2.96. The molecule has 0 spiro atoms. The number of rotatable bonds is 1. The Hall–Kier alpha value is -2.62. The van der Waals surface area contributed by atoms with Crippen molar-refractivity contribution in [2.75, 3.05) is 10.7 Å². The van der Waals surface area contributed by atoms with Crippen molar-refractivity contribution in [2.45, 2.75) is 19.3 Å². The minimum absolute atomic E-state index is 0.0623. The smallest absolute Gasteiger partial charge is 0.248 e. The number of nitrogens with two attached hydrogens (primary N) is 1. The van der Waals surface area contributed by atoms with Gasteiger partial charge in [-0.05, 0) is 42.7 Å². The lowest BCUT2D eigenvalue weighted by molar-refractivity contribution is -0.119. The van der Waals surface area contributed by atoms with Crippen LogP contribution in [0.4, 0.5) is 11.4 Å². The molecular formula is C18H17N3O. The predicted molar refractivity (Wildman–Crippen MR) is 87.7 cm³/mol. The molecule has 1 aliphatic heterocycles. The number of hydrogen-bond donors (Lipinski definition) is 1. The molecule has 1 unspecified atom stereocenters. The molecule has 22 heavy (non-hydrogen) atoms. The maximum Gasteiger partial charge on any atom is 0.248 e. The molecule has 2 aromatic carbocycles. The Bertz CT molecular complexity index is 767. The van der Waals surface area contributed by atoms with E-state index < -0.39 is 0 Å². The van der Waals surface area contributed by atoms with Gasteiger partial charge >= 0.3 is 0 Å². The van der Waals surface area contributed by atoms with Crippen LogP contribution in [0.3, 0.4) is 0 Å². The standard InChI is InChI=1S/C18H17N3O/c19-14-9-8-12-6-7-13-10-17(22)21(15-4-2-1-3-5-15)20-18(13)16(12)11-14/h1-5,8-9,11,13H,6-7,10,19H2. The van der Waals surface area contributed by atoms with Gasteiger partial charge in [0, 0.05) is 23.6 Å². The van der Waals surface area contributed by atoms with Crippen LogP contribution in [0.15, 0.2) is 53.6 Å². The van der Waals surface area contributed by atoms with E-state index in [0.717, 1.165) is 35.5 Å². The SMILES string of the molecule is Nc1ccc2c(c1)C1=NN(c3ccccc3)C(=O)CC1CC2. The van der Waals surface area contributed by atoms with Crippen LogP contribution in [-0.2, 0) is 11.2 Å². The zero-order chi connectivity index (χ0) is 15.1. The Morgan fingerprint density at radius 2 is 1.95 bits per heavy atom. The van der Waals surface area contributed by atoms with Crippen LogP contribution in [0, 0.1) is 5.92 Å². The molecule has 1 heterocycles. The number of carbonyl (C=O) groups excluding carboxylic acids is 1. The average molecular weight is 291 g/mol. The zero-order valence-electron chi connectivity index (χ0n) is 12.2. The van der Waals surface area contributed by atoms with Gasteiger partial charge in [0.1, 0.15) is 0 Å². The number of hydrazone groups is 1. The molecule has 0 saturated carbocycles. The average Bonchev–Trinajstić information content (AvgIpc) is 2.55. The predicted octanol–water partition coefficient (Wildman–Crippen LogP) is 2.97. The van der Waals surface area contributed by atoms with Crippen molar-refractivity contribution in [1.29, 1.82) is 0 Å². The van der Waals surface area contributed by atoms with E-state index in [1.165, 1.54) is 10.6 Å². The second-order valence-corrected chi connectivity index (χ2v) is 5.88. The van der Waals surface area contributed by atoms with Gasteiger partial charge in [-0.15, -0.1) is 0 Å². The van der Waals surface area contributed by atoms with Crippen molar-refractivity contribution in [2.24, 2.45) is 11.0 Å². The number of benzene rings is 2. The first-order chi connectivity index (χ1) is 10.7. The third-order valence-electron chi connectivity index (χ3n) is 4.42. The van der Waals surface area contributed by atoms with E-state index in [2.05, 4.69) is 11.2 Å². The van der Waals surface area contributed by atoms with Gasteiger partial charge in [-0.1, -0.05) is 24.3 Å².